The van der Waals surface area contributed by atoms with Crippen molar-refractivity contribution in [1.82, 2.24) is 10.0 Å². The zero-order valence-corrected chi connectivity index (χ0v) is 19.8. The van der Waals surface area contributed by atoms with Crippen molar-refractivity contribution in [3.05, 3.63) is 66.2 Å². The topological polar surface area (TPSA) is 106 Å². The van der Waals surface area contributed by atoms with Crippen molar-refractivity contribution in [2.45, 2.75) is 31.1 Å². The molecule has 0 unspecified atom stereocenters. The highest BCUT2D eigenvalue weighted by molar-refractivity contribution is 7.93. The van der Waals surface area contributed by atoms with Crippen LogP contribution in [-0.4, -0.2) is 63.3 Å². The van der Waals surface area contributed by atoms with Gasteiger partial charge in [0.05, 0.1) is 23.8 Å². The molecule has 0 saturated carbocycles. The molecular weight excluding hydrogens is 462 g/mol. The maximum atomic E-state index is 13.9. The normalized spacial score (nSPS) is 19.3. The van der Waals surface area contributed by atoms with E-state index in [4.69, 9.17) is 14.2 Å². The van der Waals surface area contributed by atoms with E-state index in [1.807, 2.05) is 0 Å². The molecular formula is C23H25N3O7S. The summed E-state index contributed by atoms with van der Waals surface area (Å²) in [5, 5.41) is 1.89. The molecule has 0 aromatic heterocycles. The number of benzene rings is 2. The van der Waals surface area contributed by atoms with Crippen LogP contribution < -0.4 is 4.31 Å². The monoisotopic (exact) mass is 487 g/mol. The second-order valence-corrected chi connectivity index (χ2v) is 9.15. The van der Waals surface area contributed by atoms with E-state index in [0.29, 0.717) is 16.8 Å². The van der Waals surface area contributed by atoms with Crippen LogP contribution in [0.5, 0.6) is 0 Å². The first-order chi connectivity index (χ1) is 16.4. The van der Waals surface area contributed by atoms with E-state index in [9.17, 15) is 18.0 Å². The Morgan fingerprint density at radius 3 is 2.09 bits per heavy atom. The number of fused-ring (bicyclic) bond motifs is 3. The van der Waals surface area contributed by atoms with Gasteiger partial charge in [0.2, 0.25) is 0 Å². The summed E-state index contributed by atoms with van der Waals surface area (Å²) in [4.78, 5) is 26.2. The highest BCUT2D eigenvalue weighted by Crippen LogP contribution is 2.47. The van der Waals surface area contributed by atoms with Gasteiger partial charge in [0.1, 0.15) is 0 Å². The highest BCUT2D eigenvalue weighted by atomic mass is 32.2. The third-order valence-corrected chi connectivity index (χ3v) is 7.21. The van der Waals surface area contributed by atoms with Gasteiger partial charge in [-0.2, -0.15) is 10.0 Å². The number of nitrogens with zero attached hydrogens (tertiary/aromatic N) is 3. The molecule has 0 radical (unpaired) electrons. The fourth-order valence-corrected chi connectivity index (χ4v) is 5.68. The van der Waals surface area contributed by atoms with Crippen LogP contribution in [0.15, 0.2) is 65.6 Å². The molecule has 0 saturated heterocycles. The molecule has 180 valence electrons. The van der Waals surface area contributed by atoms with Gasteiger partial charge in [-0.25, -0.2) is 22.3 Å². The molecule has 0 aliphatic carbocycles. The lowest BCUT2D eigenvalue weighted by Gasteiger charge is -2.45. The van der Waals surface area contributed by atoms with Crippen molar-refractivity contribution < 1.29 is 32.2 Å². The van der Waals surface area contributed by atoms with Crippen molar-refractivity contribution in [3.63, 3.8) is 0 Å². The van der Waals surface area contributed by atoms with Crippen LogP contribution in [0.3, 0.4) is 0 Å². The molecule has 4 rings (SSSR count). The third-order valence-electron chi connectivity index (χ3n) is 5.43. The van der Waals surface area contributed by atoms with Crippen LogP contribution in [0.25, 0.3) is 5.57 Å². The zero-order valence-electron chi connectivity index (χ0n) is 19.0. The maximum absolute atomic E-state index is 13.9. The average Bonchev–Trinajstić information content (AvgIpc) is 3.18. The third kappa shape index (κ3) is 3.76. The summed E-state index contributed by atoms with van der Waals surface area (Å²) in [6, 6.07) is 14.7. The quantitative estimate of drug-likeness (QED) is 0.636. The molecule has 0 N–H and O–H groups in total. The Bertz CT molecular complexity index is 1220. The second kappa shape index (κ2) is 9.35. The predicted molar refractivity (Wildman–Crippen MR) is 123 cm³/mol. The van der Waals surface area contributed by atoms with Crippen molar-refractivity contribution in [2.24, 2.45) is 0 Å². The second-order valence-electron chi connectivity index (χ2n) is 7.34. The molecule has 2 aromatic rings. The van der Waals surface area contributed by atoms with Gasteiger partial charge in [-0.1, -0.05) is 36.4 Å². The Labute approximate surface area is 197 Å². The molecule has 0 bridgehead atoms. The van der Waals surface area contributed by atoms with Gasteiger partial charge in [-0.3, -0.25) is 0 Å². The smallest absolute Gasteiger partial charge is 0.431 e. The number of amides is 2. The predicted octanol–water partition coefficient (Wildman–Crippen LogP) is 3.42. The minimum absolute atomic E-state index is 0.00774. The lowest BCUT2D eigenvalue weighted by atomic mass is 10.0. The van der Waals surface area contributed by atoms with Crippen molar-refractivity contribution in [2.75, 3.05) is 24.6 Å². The van der Waals surface area contributed by atoms with Gasteiger partial charge < -0.3 is 14.2 Å². The van der Waals surface area contributed by atoms with Crippen molar-refractivity contribution >= 4 is 33.5 Å². The minimum Gasteiger partial charge on any atom is -0.448 e. The fraction of sp³-hybridized carbons (Fsp3) is 0.304. The van der Waals surface area contributed by atoms with E-state index >= 15 is 0 Å². The van der Waals surface area contributed by atoms with Gasteiger partial charge in [0, 0.05) is 18.2 Å². The summed E-state index contributed by atoms with van der Waals surface area (Å²) in [6.45, 7) is 3.28. The summed E-state index contributed by atoms with van der Waals surface area (Å²) in [6.07, 6.45) is -2.48. The molecule has 11 heteroatoms. The molecule has 2 aliphatic rings. The SMILES string of the molecule is CCOC(=O)N1[C@@H](OC)C=C2c3ccccc3N(S(=O)(=O)c3ccccc3)[C@H]2N1C(=O)OCC. The molecule has 0 fully saturated rings. The van der Waals surface area contributed by atoms with E-state index in [2.05, 4.69) is 0 Å². The molecule has 34 heavy (non-hydrogen) atoms. The van der Waals surface area contributed by atoms with Gasteiger partial charge in [0.25, 0.3) is 10.0 Å². The Morgan fingerprint density at radius 2 is 1.47 bits per heavy atom. The summed E-state index contributed by atoms with van der Waals surface area (Å²) >= 11 is 0. The van der Waals surface area contributed by atoms with Crippen molar-refractivity contribution in [1.29, 1.82) is 0 Å². The number of para-hydroxylation sites is 1. The Morgan fingerprint density at radius 1 is 0.882 bits per heavy atom. The number of carbonyl (C=O) groups is 2. The van der Waals surface area contributed by atoms with Crippen LogP contribution in [-0.2, 0) is 24.2 Å². The van der Waals surface area contributed by atoms with E-state index in [0.717, 1.165) is 14.3 Å². The Hall–Kier alpha value is -3.57. The number of hydrazine groups is 1. The van der Waals surface area contributed by atoms with Gasteiger partial charge in [-0.05, 0) is 38.1 Å². The van der Waals surface area contributed by atoms with Crippen LogP contribution in [0.1, 0.15) is 19.4 Å². The van der Waals surface area contributed by atoms with E-state index in [-0.39, 0.29) is 18.1 Å². The van der Waals surface area contributed by atoms with Crippen LogP contribution in [0, 0.1) is 0 Å². The minimum atomic E-state index is -4.17. The summed E-state index contributed by atoms with van der Waals surface area (Å²) in [7, 11) is -2.79. The first-order valence-electron chi connectivity index (χ1n) is 10.7. The maximum Gasteiger partial charge on any atom is 0.431 e. The largest absolute Gasteiger partial charge is 0.448 e. The Balaban J connectivity index is 1.97. The number of carbonyl (C=O) groups excluding carboxylic acids is 2. The summed E-state index contributed by atoms with van der Waals surface area (Å²) in [5.74, 6) is 0. The van der Waals surface area contributed by atoms with E-state index in [1.165, 1.54) is 19.2 Å². The number of sulfonamides is 1. The first kappa shape index (κ1) is 23.6. The molecule has 0 spiro atoms. The van der Waals surface area contributed by atoms with Crippen molar-refractivity contribution in [3.8, 4) is 0 Å². The number of methoxy groups -OCH3 is 1. The molecule has 2 heterocycles. The lowest BCUT2D eigenvalue weighted by Crippen LogP contribution is -2.65. The van der Waals surface area contributed by atoms with Gasteiger partial charge >= 0.3 is 12.2 Å². The van der Waals surface area contributed by atoms with Gasteiger partial charge in [0.15, 0.2) is 12.4 Å². The van der Waals surface area contributed by atoms with Crippen LogP contribution in [0.2, 0.25) is 0 Å². The summed E-state index contributed by atoms with van der Waals surface area (Å²) < 4.78 is 44.8. The number of ether oxygens (including phenoxy) is 3. The number of rotatable bonds is 5. The van der Waals surface area contributed by atoms with Crippen LogP contribution in [0.4, 0.5) is 15.3 Å². The van der Waals surface area contributed by atoms with Crippen LogP contribution >= 0.6 is 0 Å². The first-order valence-corrected chi connectivity index (χ1v) is 12.2. The molecule has 10 nitrogen and oxygen atoms in total. The standard InChI is InChI=1S/C23H25N3O7S/c1-4-32-22(27)24-20(31-3)15-18-17-13-9-10-14-19(17)26(21(18)25(24)23(28)33-5-2)34(29,30)16-11-7-6-8-12-16/h6-15,20-21H,4-5H2,1-3H3/t20-,21+/m0/s1. The molecule has 2 aromatic carbocycles. The number of hydrogen-bond donors (Lipinski definition) is 0. The Kier molecular flexibility index (Phi) is 6.49. The number of anilines is 1. The fourth-order valence-electron chi connectivity index (χ4n) is 4.07. The molecule has 2 aliphatic heterocycles. The molecule has 2 atom stereocenters. The highest BCUT2D eigenvalue weighted by Gasteiger charge is 2.54. The molecule has 2 amide bonds. The average molecular weight is 488 g/mol. The van der Waals surface area contributed by atoms with Gasteiger partial charge in [-0.15, -0.1) is 0 Å². The zero-order chi connectivity index (χ0) is 24.5. The lowest BCUT2D eigenvalue weighted by molar-refractivity contribution is -0.116. The number of hydrogen-bond acceptors (Lipinski definition) is 7. The van der Waals surface area contributed by atoms with E-state index < -0.39 is 34.6 Å². The summed E-state index contributed by atoms with van der Waals surface area (Å²) in [5.41, 5.74) is 1.43. The van der Waals surface area contributed by atoms with E-state index in [1.54, 1.807) is 62.4 Å².